The van der Waals surface area contributed by atoms with E-state index in [1.165, 1.54) is 0 Å². The van der Waals surface area contributed by atoms with Gasteiger partial charge < -0.3 is 49.6 Å². The third-order valence-electron chi connectivity index (χ3n) is 19.1. The number of pyridine rings is 24. The summed E-state index contributed by atoms with van der Waals surface area (Å²) < 4.78 is 0. The van der Waals surface area contributed by atoms with Crippen LogP contribution in [0.4, 0.5) is 0 Å². The first kappa shape index (κ1) is 116. The van der Waals surface area contributed by atoms with E-state index < -0.39 is 0 Å². The Hall–Kier alpha value is -18.6. The summed E-state index contributed by atoms with van der Waals surface area (Å²) in [5.74, 6) is 0. The zero-order valence-corrected chi connectivity index (χ0v) is 84.8. The van der Waals surface area contributed by atoms with E-state index in [2.05, 4.69) is 120 Å². The molecule has 0 aliphatic heterocycles. The molecule has 24 aromatic rings. The molecule has 0 saturated heterocycles. The molecule has 29 heteroatoms. The maximum absolute atomic E-state index is 4.19. The van der Waals surface area contributed by atoms with E-state index in [1.54, 1.807) is 149 Å². The Morgan fingerprint density at radius 3 is 0.134 bits per heavy atom. The van der Waals surface area contributed by atoms with Crippen LogP contribution in [0.15, 0.2) is 586 Å². The van der Waals surface area contributed by atoms with Crippen molar-refractivity contribution in [3.8, 4) is 137 Å². The Bertz CT molecular complexity index is 5310. The Labute approximate surface area is 904 Å². The number of hydrogen-bond acceptors (Lipinski definition) is 24. The van der Waals surface area contributed by atoms with Gasteiger partial charge in [0.05, 0.1) is 137 Å². The van der Waals surface area contributed by atoms with Gasteiger partial charge in [-0.1, -0.05) is 146 Å². The van der Waals surface area contributed by atoms with Crippen molar-refractivity contribution in [3.63, 3.8) is 0 Å². The van der Waals surface area contributed by atoms with Gasteiger partial charge in [0.15, 0.2) is 0 Å². The van der Waals surface area contributed by atoms with Gasteiger partial charge in [0.1, 0.15) is 0 Å². The third kappa shape index (κ3) is 42.8. The predicted octanol–water partition coefficient (Wildman–Crippen LogP) is 13.7. The zero-order chi connectivity index (χ0) is 98.7. The first-order valence-electron chi connectivity index (χ1n) is 45.5. The summed E-state index contributed by atoms with van der Waals surface area (Å²) >= 11 is 0. The van der Waals surface area contributed by atoms with Crippen molar-refractivity contribution in [1.82, 2.24) is 120 Å². The van der Waals surface area contributed by atoms with Gasteiger partial charge in [0, 0.05) is 149 Å². The van der Waals surface area contributed by atoms with E-state index in [0.29, 0.717) is 0 Å². The summed E-state index contributed by atoms with van der Waals surface area (Å²) in [6.07, 6.45) is 42.4. The van der Waals surface area contributed by atoms with Gasteiger partial charge in [-0.05, 0) is 291 Å². The van der Waals surface area contributed by atoms with Crippen molar-refractivity contribution >= 4 is 0 Å². The molecular weight excluding hydrogens is 2020 g/mol. The summed E-state index contributed by atoms with van der Waals surface area (Å²) in [5, 5.41) is 0. The predicted molar refractivity (Wildman–Crippen MR) is 570 cm³/mol. The van der Waals surface area contributed by atoms with E-state index in [1.807, 2.05) is 437 Å². The summed E-state index contributed by atoms with van der Waals surface area (Å²) in [7, 11) is 0. The second kappa shape index (κ2) is 70.9. The van der Waals surface area contributed by atoms with E-state index in [0.717, 1.165) is 137 Å². The van der Waals surface area contributed by atoms with Gasteiger partial charge in [0.25, 0.3) is 0 Å². The quantitative estimate of drug-likeness (QED) is 0.103. The minimum Gasteiger partial charge on any atom is -1.00 e. The largest absolute Gasteiger partial charge is 4.00 e. The third-order valence-corrected chi connectivity index (χ3v) is 19.1. The molecule has 24 rings (SSSR count). The molecule has 0 fully saturated rings. The van der Waals surface area contributed by atoms with Crippen molar-refractivity contribution in [3.05, 3.63) is 586 Å². The van der Waals surface area contributed by atoms with Crippen molar-refractivity contribution in [1.29, 1.82) is 0 Å². The zero-order valence-electron chi connectivity index (χ0n) is 80.0. The minimum atomic E-state index is 0. The molecule has 149 heavy (non-hydrogen) atoms. The van der Waals surface area contributed by atoms with Crippen LogP contribution in [-0.4, -0.2) is 120 Å². The smallest absolute Gasteiger partial charge is 1.00 e. The molecule has 24 nitrogen and oxygen atoms in total. The number of aromatic nitrogens is 24. The average Bonchev–Trinajstić information content (AvgIpc) is 0.953. The Morgan fingerprint density at radius 2 is 0.107 bits per heavy atom. The van der Waals surface area contributed by atoms with Gasteiger partial charge in [0.2, 0.25) is 0 Å². The fourth-order valence-electron chi connectivity index (χ4n) is 12.3. The van der Waals surface area contributed by atoms with Crippen LogP contribution < -0.4 is 49.6 Å². The van der Waals surface area contributed by atoms with Crippen molar-refractivity contribution in [2.45, 2.75) is 0 Å². The number of hydrogen-bond donors (Lipinski definition) is 0. The molecule has 0 N–H and O–H groups in total. The molecule has 0 atom stereocenters. The maximum Gasteiger partial charge on any atom is 4.00 e. The fraction of sp³-hybridized carbons (Fsp3) is 0. The first-order chi connectivity index (χ1) is 71.6. The fourth-order valence-corrected chi connectivity index (χ4v) is 12.3. The second-order valence-electron chi connectivity index (χ2n) is 29.2. The van der Waals surface area contributed by atoms with Crippen LogP contribution in [-0.2, 0) is 19.5 Å². The van der Waals surface area contributed by atoms with Crippen LogP contribution in [0.1, 0.15) is 0 Å². The average molecular weight is 2120 g/mol. The molecule has 0 aromatic carbocycles. The number of rotatable bonds is 12. The van der Waals surface area contributed by atoms with Crippen LogP contribution >= 0.6 is 0 Å². The Morgan fingerprint density at radius 1 is 0.0671 bits per heavy atom. The van der Waals surface area contributed by atoms with Crippen molar-refractivity contribution in [2.75, 3.05) is 0 Å². The van der Waals surface area contributed by atoms with Gasteiger partial charge in [-0.3, -0.25) is 120 Å². The molecule has 0 aliphatic rings. The standard InChI is InChI=1S/12C10H8N2.4ClH.Ru/c12*1-3-7-11-9(5-1)10-6-2-4-8-12-10;;;;;/h12*1-8H;4*1H;/q;;;;;;;;;;;;;;;;+4/p-4. The molecule has 0 saturated carbocycles. The summed E-state index contributed by atoms with van der Waals surface area (Å²) in [6.45, 7) is 0. The topological polar surface area (TPSA) is 309 Å². The van der Waals surface area contributed by atoms with Gasteiger partial charge in [-0.15, -0.1) is 0 Å². The Balaban J connectivity index is 0.000000197. The van der Waals surface area contributed by atoms with E-state index in [9.17, 15) is 0 Å². The molecule has 0 unspecified atom stereocenters. The van der Waals surface area contributed by atoms with Crippen molar-refractivity contribution < 1.29 is 69.1 Å². The summed E-state index contributed by atoms with van der Waals surface area (Å²) in [5.41, 5.74) is 22.0. The molecule has 0 amide bonds. The maximum atomic E-state index is 4.19. The number of nitrogens with zero attached hydrogens (tertiary/aromatic N) is 24. The monoisotopic (exact) mass is 2110 g/mol. The molecule has 732 valence electrons. The molecule has 0 radical (unpaired) electrons. The van der Waals surface area contributed by atoms with Crippen LogP contribution in [0.5, 0.6) is 0 Å². The van der Waals surface area contributed by atoms with E-state index >= 15 is 0 Å². The van der Waals surface area contributed by atoms with E-state index in [-0.39, 0.29) is 69.1 Å². The second-order valence-corrected chi connectivity index (χ2v) is 29.2. The van der Waals surface area contributed by atoms with Crippen LogP contribution in [0.25, 0.3) is 137 Å². The summed E-state index contributed by atoms with van der Waals surface area (Å²) in [4.78, 5) is 100. The molecule has 0 bridgehead atoms. The molecule has 24 aromatic heterocycles. The van der Waals surface area contributed by atoms with Crippen LogP contribution in [0, 0.1) is 0 Å². The van der Waals surface area contributed by atoms with Crippen LogP contribution in [0.2, 0.25) is 0 Å². The molecular formula is C120H96Cl4N24Ru. The van der Waals surface area contributed by atoms with Crippen molar-refractivity contribution in [2.24, 2.45) is 0 Å². The number of halogens is 4. The molecule has 0 spiro atoms. The Kier molecular flexibility index (Phi) is 55.1. The molecule has 0 aliphatic carbocycles. The normalized spacial score (nSPS) is 9.34. The van der Waals surface area contributed by atoms with E-state index in [4.69, 9.17) is 0 Å². The van der Waals surface area contributed by atoms with Gasteiger partial charge in [-0.25, -0.2) is 0 Å². The summed E-state index contributed by atoms with van der Waals surface area (Å²) in [6, 6.07) is 139. The van der Waals surface area contributed by atoms with Gasteiger partial charge in [-0.2, -0.15) is 0 Å². The van der Waals surface area contributed by atoms with Crippen LogP contribution in [0.3, 0.4) is 0 Å². The molecule has 24 heterocycles. The SMILES string of the molecule is [Cl-].[Cl-].[Cl-].[Cl-].[Ru+4].c1ccc(-c2ccccn2)nc1.c1ccc(-c2ccccn2)nc1.c1ccc(-c2ccccn2)nc1.c1ccc(-c2ccccn2)nc1.c1ccc(-c2ccccn2)nc1.c1ccc(-c2ccccn2)nc1.c1ccc(-c2ccccn2)nc1.c1ccc(-c2ccccn2)nc1.c1ccc(-c2ccccn2)nc1.c1ccc(-c2ccccn2)nc1.c1ccc(-c2ccccn2)nc1.c1ccc(-c2ccccn2)nc1. The first-order valence-corrected chi connectivity index (χ1v) is 45.5. The minimum absolute atomic E-state index is 0. The van der Waals surface area contributed by atoms with Gasteiger partial charge >= 0.3 is 19.5 Å².